The van der Waals surface area contributed by atoms with Crippen LogP contribution in [0.4, 0.5) is 0 Å². The largest absolute Gasteiger partial charge is 0.439 e. The number of aryl methyl sites for hydroxylation is 2. The molecule has 2 N–H and O–H groups in total. The lowest BCUT2D eigenvalue weighted by atomic mass is 10.1. The summed E-state index contributed by atoms with van der Waals surface area (Å²) >= 11 is 3.46. The smallest absolute Gasteiger partial charge is 0.219 e. The molecule has 2 rings (SSSR count). The van der Waals surface area contributed by atoms with Gasteiger partial charge in [0.05, 0.1) is 0 Å². The summed E-state index contributed by atoms with van der Waals surface area (Å²) in [7, 11) is 0. The van der Waals surface area contributed by atoms with Crippen LogP contribution in [0.1, 0.15) is 30.2 Å². The van der Waals surface area contributed by atoms with Crippen LogP contribution in [0, 0.1) is 6.92 Å². The first-order valence-corrected chi connectivity index (χ1v) is 7.55. The van der Waals surface area contributed by atoms with Crippen LogP contribution >= 0.6 is 15.9 Å². The molecule has 0 aliphatic rings. The molecule has 4 heteroatoms. The third-order valence-electron chi connectivity index (χ3n) is 3.02. The molecule has 20 heavy (non-hydrogen) atoms. The van der Waals surface area contributed by atoms with E-state index >= 15 is 0 Å². The molecular formula is C16H19BrN2O. The molecule has 0 aliphatic carbocycles. The number of aromatic nitrogens is 1. The maximum Gasteiger partial charge on any atom is 0.219 e. The number of halogens is 1. The molecule has 0 fully saturated rings. The molecule has 0 radical (unpaired) electrons. The van der Waals surface area contributed by atoms with Gasteiger partial charge in [0.15, 0.2) is 0 Å². The molecule has 1 aromatic carbocycles. The summed E-state index contributed by atoms with van der Waals surface area (Å²) in [6.07, 6.45) is 1.98. The predicted octanol–water partition coefficient (Wildman–Crippen LogP) is 4.36. The van der Waals surface area contributed by atoms with E-state index in [2.05, 4.69) is 27.8 Å². The van der Waals surface area contributed by atoms with Crippen molar-refractivity contribution >= 4 is 15.9 Å². The summed E-state index contributed by atoms with van der Waals surface area (Å²) in [5, 5.41) is 0. The molecule has 0 saturated heterocycles. The molecule has 1 aromatic heterocycles. The molecule has 0 unspecified atom stereocenters. The molecule has 106 valence electrons. The van der Waals surface area contributed by atoms with Crippen molar-refractivity contribution in [2.75, 3.05) is 0 Å². The highest BCUT2D eigenvalue weighted by Crippen LogP contribution is 2.28. The van der Waals surface area contributed by atoms with E-state index in [0.29, 0.717) is 12.4 Å². The Morgan fingerprint density at radius 1 is 1.25 bits per heavy atom. The quantitative estimate of drug-likeness (QED) is 0.883. The molecule has 0 aliphatic heterocycles. The maximum absolute atomic E-state index is 5.92. The number of ether oxygens (including phenoxy) is 1. The van der Waals surface area contributed by atoms with E-state index < -0.39 is 0 Å². The summed E-state index contributed by atoms with van der Waals surface area (Å²) in [5.74, 6) is 1.42. The van der Waals surface area contributed by atoms with E-state index in [1.807, 2.05) is 37.3 Å². The fourth-order valence-corrected chi connectivity index (χ4v) is 2.31. The number of hydrogen-bond donors (Lipinski definition) is 1. The van der Waals surface area contributed by atoms with Gasteiger partial charge in [-0.05, 0) is 42.7 Å². The van der Waals surface area contributed by atoms with Crippen LogP contribution in [-0.2, 0) is 13.0 Å². The van der Waals surface area contributed by atoms with Gasteiger partial charge in [-0.25, -0.2) is 4.98 Å². The number of rotatable bonds is 5. The second kappa shape index (κ2) is 6.86. The second-order valence-electron chi connectivity index (χ2n) is 4.77. The van der Waals surface area contributed by atoms with E-state index in [1.165, 1.54) is 0 Å². The highest BCUT2D eigenvalue weighted by atomic mass is 79.9. The summed E-state index contributed by atoms with van der Waals surface area (Å²) < 4.78 is 6.91. The van der Waals surface area contributed by atoms with E-state index in [1.54, 1.807) is 0 Å². The zero-order valence-corrected chi connectivity index (χ0v) is 13.4. The van der Waals surface area contributed by atoms with Crippen LogP contribution in [0.3, 0.4) is 0 Å². The first kappa shape index (κ1) is 15.0. The molecule has 3 nitrogen and oxygen atoms in total. The third-order valence-corrected chi connectivity index (χ3v) is 3.51. The van der Waals surface area contributed by atoms with E-state index in [0.717, 1.165) is 39.9 Å². The molecule has 1 heterocycles. The molecular weight excluding hydrogens is 316 g/mol. The zero-order chi connectivity index (χ0) is 14.5. The van der Waals surface area contributed by atoms with E-state index in [4.69, 9.17) is 10.5 Å². The van der Waals surface area contributed by atoms with Crippen molar-refractivity contribution in [3.63, 3.8) is 0 Å². The van der Waals surface area contributed by atoms with Gasteiger partial charge in [-0.2, -0.15) is 0 Å². The second-order valence-corrected chi connectivity index (χ2v) is 5.69. The van der Waals surface area contributed by atoms with Crippen LogP contribution in [-0.4, -0.2) is 4.98 Å². The Balaban J connectivity index is 2.32. The van der Waals surface area contributed by atoms with Crippen molar-refractivity contribution < 1.29 is 4.74 Å². The number of nitrogens with two attached hydrogens (primary N) is 1. The predicted molar refractivity (Wildman–Crippen MR) is 85.1 cm³/mol. The maximum atomic E-state index is 5.92. The minimum Gasteiger partial charge on any atom is -0.439 e. The van der Waals surface area contributed by atoms with Crippen molar-refractivity contribution in [3.05, 3.63) is 51.6 Å². The summed E-state index contributed by atoms with van der Waals surface area (Å²) in [6, 6.07) is 9.91. The van der Waals surface area contributed by atoms with Gasteiger partial charge in [-0.1, -0.05) is 35.3 Å². The Morgan fingerprint density at radius 2 is 2.05 bits per heavy atom. The van der Waals surface area contributed by atoms with Gasteiger partial charge in [0.1, 0.15) is 5.75 Å². The zero-order valence-electron chi connectivity index (χ0n) is 11.8. The van der Waals surface area contributed by atoms with Crippen molar-refractivity contribution in [1.29, 1.82) is 0 Å². The number of pyridine rings is 1. The summed E-state index contributed by atoms with van der Waals surface area (Å²) in [6.45, 7) is 4.64. The molecule has 2 aromatic rings. The van der Waals surface area contributed by atoms with Crippen molar-refractivity contribution in [1.82, 2.24) is 4.98 Å². The average Bonchev–Trinajstić information content (AvgIpc) is 2.43. The SMILES string of the molecule is CCCc1cc(CN)cc(Oc2cc(Br)ccc2C)n1. The van der Waals surface area contributed by atoms with Gasteiger partial charge in [-0.3, -0.25) is 0 Å². The molecule has 0 saturated carbocycles. The Bertz CT molecular complexity index is 599. The lowest BCUT2D eigenvalue weighted by Crippen LogP contribution is -2.01. The minimum absolute atomic E-state index is 0.493. The van der Waals surface area contributed by atoms with Crippen LogP contribution in [0.15, 0.2) is 34.8 Å². The Labute approximate surface area is 128 Å². The molecule has 0 atom stereocenters. The highest BCUT2D eigenvalue weighted by Gasteiger charge is 2.07. The van der Waals surface area contributed by atoms with Gasteiger partial charge < -0.3 is 10.5 Å². The Morgan fingerprint density at radius 3 is 2.75 bits per heavy atom. The lowest BCUT2D eigenvalue weighted by Gasteiger charge is -2.11. The summed E-state index contributed by atoms with van der Waals surface area (Å²) in [5.41, 5.74) is 8.89. The molecule has 0 amide bonds. The van der Waals surface area contributed by atoms with Gasteiger partial charge in [-0.15, -0.1) is 0 Å². The average molecular weight is 335 g/mol. The third kappa shape index (κ3) is 3.81. The lowest BCUT2D eigenvalue weighted by molar-refractivity contribution is 0.456. The summed E-state index contributed by atoms with van der Waals surface area (Å²) in [4.78, 5) is 4.54. The standard InChI is InChI=1S/C16H19BrN2O/c1-3-4-14-7-12(10-18)8-16(19-14)20-15-9-13(17)6-5-11(15)2/h5-9H,3-4,10,18H2,1-2H3. The van der Waals surface area contributed by atoms with Crippen molar-refractivity contribution in [2.45, 2.75) is 33.2 Å². The van der Waals surface area contributed by atoms with Gasteiger partial charge >= 0.3 is 0 Å². The minimum atomic E-state index is 0.493. The first-order valence-electron chi connectivity index (χ1n) is 6.76. The van der Waals surface area contributed by atoms with Gasteiger partial charge in [0.2, 0.25) is 5.88 Å². The topological polar surface area (TPSA) is 48.1 Å². The first-order chi connectivity index (χ1) is 9.62. The highest BCUT2D eigenvalue weighted by molar-refractivity contribution is 9.10. The number of nitrogens with zero attached hydrogens (tertiary/aromatic N) is 1. The fourth-order valence-electron chi connectivity index (χ4n) is 1.97. The fraction of sp³-hybridized carbons (Fsp3) is 0.312. The molecule has 0 spiro atoms. The van der Waals surface area contributed by atoms with Crippen molar-refractivity contribution in [2.24, 2.45) is 5.73 Å². The van der Waals surface area contributed by atoms with Crippen LogP contribution < -0.4 is 10.5 Å². The van der Waals surface area contributed by atoms with Crippen LogP contribution in [0.25, 0.3) is 0 Å². The Kier molecular flexibility index (Phi) is 5.15. The monoisotopic (exact) mass is 334 g/mol. The van der Waals surface area contributed by atoms with E-state index in [9.17, 15) is 0 Å². The number of hydrogen-bond acceptors (Lipinski definition) is 3. The van der Waals surface area contributed by atoms with E-state index in [-0.39, 0.29) is 0 Å². The normalized spacial score (nSPS) is 10.6. The van der Waals surface area contributed by atoms with Gasteiger partial charge in [0, 0.05) is 22.8 Å². The van der Waals surface area contributed by atoms with Crippen LogP contribution in [0.2, 0.25) is 0 Å². The van der Waals surface area contributed by atoms with Crippen molar-refractivity contribution in [3.8, 4) is 11.6 Å². The molecule has 0 bridgehead atoms. The Hall–Kier alpha value is -1.39. The van der Waals surface area contributed by atoms with Crippen LogP contribution in [0.5, 0.6) is 11.6 Å². The number of benzene rings is 1. The van der Waals surface area contributed by atoms with Gasteiger partial charge in [0.25, 0.3) is 0 Å².